The predicted octanol–water partition coefficient (Wildman–Crippen LogP) is 1.81. The zero-order chi connectivity index (χ0) is 14.8. The molecule has 5 nitrogen and oxygen atoms in total. The molecule has 1 atom stereocenters. The van der Waals surface area contributed by atoms with Crippen molar-refractivity contribution in [2.75, 3.05) is 32.0 Å². The SMILES string of the molecule is C[C@@H]1CN(CCSc2nc3sccc3c(=O)n2C)CCO1. The maximum Gasteiger partial charge on any atom is 0.262 e. The molecule has 0 radical (unpaired) electrons. The summed E-state index contributed by atoms with van der Waals surface area (Å²) < 4.78 is 7.20. The summed E-state index contributed by atoms with van der Waals surface area (Å²) in [6.07, 6.45) is 0.314. The molecule has 0 aliphatic carbocycles. The first-order valence-electron chi connectivity index (χ1n) is 7.06. The van der Waals surface area contributed by atoms with Crippen LogP contribution in [0, 0.1) is 0 Å². The molecular weight excluding hydrogens is 306 g/mol. The highest BCUT2D eigenvalue weighted by molar-refractivity contribution is 7.99. The summed E-state index contributed by atoms with van der Waals surface area (Å²) in [7, 11) is 1.80. The number of aromatic nitrogens is 2. The summed E-state index contributed by atoms with van der Waals surface area (Å²) in [5.41, 5.74) is 0.0451. The molecule has 0 bridgehead atoms. The van der Waals surface area contributed by atoms with Crippen LogP contribution in [0.3, 0.4) is 0 Å². The number of hydrogen-bond donors (Lipinski definition) is 0. The van der Waals surface area contributed by atoms with Crippen LogP contribution in [0.5, 0.6) is 0 Å². The standard InChI is InChI=1S/C14H19N3O2S2/c1-10-9-17(4-6-19-10)5-8-21-14-15-12-11(3-7-20-12)13(18)16(14)2/h3,7,10H,4-6,8-9H2,1-2H3/t10-/m1/s1. The summed E-state index contributed by atoms with van der Waals surface area (Å²) in [5, 5.41) is 3.44. The fourth-order valence-corrected chi connectivity index (χ4v) is 4.25. The zero-order valence-corrected chi connectivity index (χ0v) is 13.9. The molecule has 1 aliphatic rings. The summed E-state index contributed by atoms with van der Waals surface area (Å²) in [5.74, 6) is 0.934. The molecule has 0 unspecified atom stereocenters. The second-order valence-corrected chi connectivity index (χ2v) is 7.19. The minimum Gasteiger partial charge on any atom is -0.376 e. The third-order valence-electron chi connectivity index (χ3n) is 3.63. The molecule has 0 spiro atoms. The monoisotopic (exact) mass is 325 g/mol. The molecule has 3 rings (SSSR count). The van der Waals surface area contributed by atoms with Crippen LogP contribution in [0.2, 0.25) is 0 Å². The van der Waals surface area contributed by atoms with Crippen LogP contribution in [-0.2, 0) is 11.8 Å². The van der Waals surface area contributed by atoms with Gasteiger partial charge in [0.2, 0.25) is 0 Å². The second-order valence-electron chi connectivity index (χ2n) is 5.23. The minimum absolute atomic E-state index is 0.0451. The van der Waals surface area contributed by atoms with Gasteiger partial charge in [-0.25, -0.2) is 4.98 Å². The average Bonchev–Trinajstić information content (AvgIpc) is 2.93. The number of morpholine rings is 1. The first kappa shape index (κ1) is 15.0. The van der Waals surface area contributed by atoms with Gasteiger partial charge in [0.05, 0.1) is 18.1 Å². The summed E-state index contributed by atoms with van der Waals surface area (Å²) in [6.45, 7) is 5.88. The lowest BCUT2D eigenvalue weighted by molar-refractivity contribution is -0.0158. The van der Waals surface area contributed by atoms with Gasteiger partial charge >= 0.3 is 0 Å². The van der Waals surface area contributed by atoms with Crippen molar-refractivity contribution in [1.29, 1.82) is 0 Å². The van der Waals surface area contributed by atoms with Crippen LogP contribution >= 0.6 is 23.1 Å². The van der Waals surface area contributed by atoms with E-state index in [1.165, 1.54) is 11.3 Å². The highest BCUT2D eigenvalue weighted by Crippen LogP contribution is 2.20. The number of thiophene rings is 1. The molecular formula is C14H19N3O2S2. The molecule has 1 saturated heterocycles. The van der Waals surface area contributed by atoms with Crippen molar-refractivity contribution < 1.29 is 4.74 Å². The lowest BCUT2D eigenvalue weighted by Gasteiger charge is -2.30. The fraction of sp³-hybridized carbons (Fsp3) is 0.571. The first-order valence-corrected chi connectivity index (χ1v) is 8.92. The van der Waals surface area contributed by atoms with Gasteiger partial charge in [-0.2, -0.15) is 0 Å². The van der Waals surface area contributed by atoms with Crippen molar-refractivity contribution in [3.05, 3.63) is 21.8 Å². The van der Waals surface area contributed by atoms with Gasteiger partial charge in [-0.1, -0.05) is 11.8 Å². The van der Waals surface area contributed by atoms with Crippen LogP contribution in [-0.4, -0.2) is 52.5 Å². The molecule has 0 aromatic carbocycles. The Labute approximate surface area is 131 Å². The van der Waals surface area contributed by atoms with Gasteiger partial charge in [0.25, 0.3) is 5.56 Å². The number of rotatable bonds is 4. The van der Waals surface area contributed by atoms with E-state index < -0.39 is 0 Å². The first-order chi connectivity index (χ1) is 10.1. The number of ether oxygens (including phenoxy) is 1. The van der Waals surface area contributed by atoms with Crippen LogP contribution in [0.15, 0.2) is 21.4 Å². The normalized spacial score (nSPS) is 20.2. The van der Waals surface area contributed by atoms with Gasteiger partial charge in [0.15, 0.2) is 5.16 Å². The van der Waals surface area contributed by atoms with E-state index in [9.17, 15) is 4.79 Å². The Kier molecular flexibility index (Phi) is 4.63. The molecule has 21 heavy (non-hydrogen) atoms. The zero-order valence-electron chi connectivity index (χ0n) is 12.2. The highest BCUT2D eigenvalue weighted by atomic mass is 32.2. The largest absolute Gasteiger partial charge is 0.376 e. The Morgan fingerprint density at radius 3 is 3.24 bits per heavy atom. The molecule has 114 valence electrons. The maximum atomic E-state index is 12.2. The minimum atomic E-state index is 0.0451. The van der Waals surface area contributed by atoms with Crippen LogP contribution in [0.25, 0.3) is 10.2 Å². The van der Waals surface area contributed by atoms with Crippen LogP contribution < -0.4 is 5.56 Å². The smallest absolute Gasteiger partial charge is 0.262 e. The van der Waals surface area contributed by atoms with E-state index in [0.29, 0.717) is 11.5 Å². The summed E-state index contributed by atoms with van der Waals surface area (Å²) in [6, 6.07) is 1.85. The molecule has 1 fully saturated rings. The molecule has 0 amide bonds. The third kappa shape index (κ3) is 3.31. The van der Waals surface area contributed by atoms with Crippen molar-refractivity contribution in [2.45, 2.75) is 18.2 Å². The Bertz CT molecular complexity index is 682. The predicted molar refractivity (Wildman–Crippen MR) is 87.4 cm³/mol. The van der Waals surface area contributed by atoms with Gasteiger partial charge in [-0.3, -0.25) is 14.3 Å². The van der Waals surface area contributed by atoms with Gasteiger partial charge in [0, 0.05) is 32.4 Å². The number of thioether (sulfide) groups is 1. The third-order valence-corrected chi connectivity index (χ3v) is 5.44. The van der Waals surface area contributed by atoms with E-state index in [-0.39, 0.29) is 5.56 Å². The van der Waals surface area contributed by atoms with Crippen molar-refractivity contribution in [3.8, 4) is 0 Å². The van der Waals surface area contributed by atoms with E-state index in [1.54, 1.807) is 23.4 Å². The van der Waals surface area contributed by atoms with Crippen molar-refractivity contribution in [3.63, 3.8) is 0 Å². The van der Waals surface area contributed by atoms with Gasteiger partial charge in [-0.15, -0.1) is 11.3 Å². The lowest BCUT2D eigenvalue weighted by atomic mass is 10.3. The van der Waals surface area contributed by atoms with E-state index >= 15 is 0 Å². The van der Waals surface area contributed by atoms with E-state index in [1.807, 2.05) is 11.4 Å². The molecule has 2 aromatic heterocycles. The molecule has 0 N–H and O–H groups in total. The topological polar surface area (TPSA) is 47.4 Å². The highest BCUT2D eigenvalue weighted by Gasteiger charge is 2.16. The maximum absolute atomic E-state index is 12.2. The molecule has 3 heterocycles. The van der Waals surface area contributed by atoms with Gasteiger partial charge in [-0.05, 0) is 18.4 Å². The number of nitrogens with zero attached hydrogens (tertiary/aromatic N) is 3. The molecule has 7 heteroatoms. The second kappa shape index (κ2) is 6.48. The number of fused-ring (bicyclic) bond motifs is 1. The number of hydrogen-bond acceptors (Lipinski definition) is 6. The van der Waals surface area contributed by atoms with Crippen molar-refractivity contribution >= 4 is 33.3 Å². The van der Waals surface area contributed by atoms with E-state index in [4.69, 9.17) is 4.74 Å². The van der Waals surface area contributed by atoms with E-state index in [2.05, 4.69) is 16.8 Å². The molecule has 2 aromatic rings. The van der Waals surface area contributed by atoms with E-state index in [0.717, 1.165) is 42.0 Å². The Balaban J connectivity index is 1.65. The lowest BCUT2D eigenvalue weighted by Crippen LogP contribution is -2.42. The summed E-state index contributed by atoms with van der Waals surface area (Å²) in [4.78, 5) is 20.0. The Morgan fingerprint density at radius 1 is 1.57 bits per heavy atom. The quantitative estimate of drug-likeness (QED) is 0.634. The molecule has 1 aliphatic heterocycles. The van der Waals surface area contributed by atoms with Crippen LogP contribution in [0.4, 0.5) is 0 Å². The Hall–Kier alpha value is -0.890. The van der Waals surface area contributed by atoms with Gasteiger partial charge < -0.3 is 4.74 Å². The van der Waals surface area contributed by atoms with Crippen LogP contribution in [0.1, 0.15) is 6.92 Å². The fourth-order valence-electron chi connectivity index (χ4n) is 2.47. The summed E-state index contributed by atoms with van der Waals surface area (Å²) >= 11 is 3.17. The van der Waals surface area contributed by atoms with Crippen molar-refractivity contribution in [1.82, 2.24) is 14.5 Å². The van der Waals surface area contributed by atoms with Gasteiger partial charge in [0.1, 0.15) is 4.83 Å². The molecule has 0 saturated carbocycles. The Morgan fingerprint density at radius 2 is 2.43 bits per heavy atom. The van der Waals surface area contributed by atoms with Crippen molar-refractivity contribution in [2.24, 2.45) is 7.05 Å². The average molecular weight is 325 g/mol.